The smallest absolute Gasteiger partial charge is 0.269 e. The van der Waals surface area contributed by atoms with Crippen LogP contribution in [0.25, 0.3) is 16.6 Å². The van der Waals surface area contributed by atoms with Crippen LogP contribution in [0.5, 0.6) is 0 Å². The Labute approximate surface area is 191 Å². The van der Waals surface area contributed by atoms with Gasteiger partial charge in [-0.25, -0.2) is 9.37 Å². The Balaban J connectivity index is 1.68. The van der Waals surface area contributed by atoms with E-state index in [1.807, 2.05) is 0 Å². The van der Waals surface area contributed by atoms with Crippen molar-refractivity contribution in [3.63, 3.8) is 0 Å². The van der Waals surface area contributed by atoms with E-state index < -0.39 is 27.5 Å². The first-order valence-corrected chi connectivity index (χ1v) is 10.7. The van der Waals surface area contributed by atoms with Crippen LogP contribution in [0.2, 0.25) is 0 Å². The lowest BCUT2D eigenvalue weighted by Gasteiger charge is -2.17. The Hall–Kier alpha value is -4.05. The topological polar surface area (TPSA) is 107 Å². The van der Waals surface area contributed by atoms with Crippen LogP contribution in [-0.2, 0) is 4.79 Å². The molecule has 1 atom stereocenters. The van der Waals surface area contributed by atoms with Gasteiger partial charge in [-0.15, -0.1) is 0 Å². The number of nitrogens with zero attached hydrogens (tertiary/aromatic N) is 3. The molecule has 166 valence electrons. The van der Waals surface area contributed by atoms with Crippen molar-refractivity contribution in [3.05, 3.63) is 99.1 Å². The first-order valence-electron chi connectivity index (χ1n) is 9.84. The Kier molecular flexibility index (Phi) is 6.18. The van der Waals surface area contributed by atoms with Crippen LogP contribution in [0.3, 0.4) is 0 Å². The highest BCUT2D eigenvalue weighted by Gasteiger charge is 2.22. The molecule has 0 aliphatic rings. The Bertz CT molecular complexity index is 1420. The van der Waals surface area contributed by atoms with E-state index in [0.29, 0.717) is 16.6 Å². The minimum absolute atomic E-state index is 0.0335. The Morgan fingerprint density at radius 2 is 1.76 bits per heavy atom. The lowest BCUT2D eigenvalue weighted by atomic mass is 10.2. The van der Waals surface area contributed by atoms with Crippen molar-refractivity contribution in [3.8, 4) is 5.69 Å². The van der Waals surface area contributed by atoms with Crippen LogP contribution < -0.4 is 10.9 Å². The zero-order chi connectivity index (χ0) is 23.5. The molecule has 10 heteroatoms. The van der Waals surface area contributed by atoms with E-state index in [9.17, 15) is 24.1 Å². The van der Waals surface area contributed by atoms with Gasteiger partial charge in [-0.05, 0) is 43.3 Å². The van der Waals surface area contributed by atoms with Crippen LogP contribution >= 0.6 is 11.8 Å². The molecule has 1 unspecified atom stereocenters. The summed E-state index contributed by atoms with van der Waals surface area (Å²) in [6.45, 7) is 1.62. The maximum atomic E-state index is 14.6. The number of amides is 1. The molecule has 33 heavy (non-hydrogen) atoms. The average molecular weight is 464 g/mol. The lowest BCUT2D eigenvalue weighted by molar-refractivity contribution is -0.384. The molecule has 4 aromatic rings. The van der Waals surface area contributed by atoms with Crippen LogP contribution in [-0.4, -0.2) is 25.6 Å². The van der Waals surface area contributed by atoms with Crippen molar-refractivity contribution in [2.24, 2.45) is 0 Å². The van der Waals surface area contributed by atoms with Gasteiger partial charge in [-0.3, -0.25) is 24.3 Å². The van der Waals surface area contributed by atoms with Gasteiger partial charge in [0.05, 0.1) is 26.8 Å². The molecular weight excluding hydrogens is 447 g/mol. The fourth-order valence-electron chi connectivity index (χ4n) is 3.16. The third-order valence-corrected chi connectivity index (χ3v) is 5.89. The molecule has 0 saturated carbocycles. The molecule has 4 rings (SSSR count). The van der Waals surface area contributed by atoms with E-state index in [-0.39, 0.29) is 16.5 Å². The molecule has 0 radical (unpaired) electrons. The fourth-order valence-corrected chi connectivity index (χ4v) is 4.08. The molecular formula is C23H17FN4O4S. The SMILES string of the molecule is CC(Sc1nc2ccccc2c(=O)n1-c1ccccc1F)C(=O)Nc1ccc([N+](=O)[O-])cc1. The zero-order valence-corrected chi connectivity index (χ0v) is 18.1. The molecule has 1 amide bonds. The summed E-state index contributed by atoms with van der Waals surface area (Å²) in [5.41, 5.74) is 0.309. The quantitative estimate of drug-likeness (QED) is 0.194. The number of aromatic nitrogens is 2. The molecule has 0 aliphatic heterocycles. The van der Waals surface area contributed by atoms with Gasteiger partial charge in [-0.1, -0.05) is 36.0 Å². The molecule has 0 fully saturated rings. The van der Waals surface area contributed by atoms with E-state index in [1.165, 1.54) is 42.5 Å². The number of benzene rings is 3. The molecule has 1 heterocycles. The summed E-state index contributed by atoms with van der Waals surface area (Å²) in [5.74, 6) is -1.00. The number of nitro benzene ring substituents is 1. The molecule has 1 aromatic heterocycles. The highest BCUT2D eigenvalue weighted by Crippen LogP contribution is 2.27. The Morgan fingerprint density at radius 1 is 1.09 bits per heavy atom. The first-order chi connectivity index (χ1) is 15.8. The third kappa shape index (κ3) is 4.60. The van der Waals surface area contributed by atoms with E-state index >= 15 is 0 Å². The normalized spacial score (nSPS) is 11.8. The van der Waals surface area contributed by atoms with Gasteiger partial charge in [0.15, 0.2) is 5.16 Å². The van der Waals surface area contributed by atoms with Crippen molar-refractivity contribution in [1.29, 1.82) is 0 Å². The highest BCUT2D eigenvalue weighted by molar-refractivity contribution is 8.00. The van der Waals surface area contributed by atoms with E-state index in [4.69, 9.17) is 0 Å². The van der Waals surface area contributed by atoms with Gasteiger partial charge in [0.2, 0.25) is 5.91 Å². The summed E-state index contributed by atoms with van der Waals surface area (Å²) in [4.78, 5) is 40.7. The van der Waals surface area contributed by atoms with Crippen LogP contribution in [0.1, 0.15) is 6.92 Å². The molecule has 8 nitrogen and oxygen atoms in total. The van der Waals surface area contributed by atoms with Gasteiger partial charge >= 0.3 is 0 Å². The van der Waals surface area contributed by atoms with E-state index in [2.05, 4.69) is 10.3 Å². The number of thioether (sulfide) groups is 1. The summed E-state index contributed by atoms with van der Waals surface area (Å²) in [6, 6.07) is 18.0. The van der Waals surface area contributed by atoms with Crippen LogP contribution in [0.15, 0.2) is 82.7 Å². The fraction of sp³-hybridized carbons (Fsp3) is 0.0870. The molecule has 0 spiro atoms. The van der Waals surface area contributed by atoms with Gasteiger partial charge in [0.1, 0.15) is 5.82 Å². The number of non-ortho nitro benzene ring substituents is 1. The Morgan fingerprint density at radius 3 is 2.45 bits per heavy atom. The minimum Gasteiger partial charge on any atom is -0.325 e. The molecule has 3 aromatic carbocycles. The zero-order valence-electron chi connectivity index (χ0n) is 17.3. The number of nitrogens with one attached hydrogen (secondary N) is 1. The van der Waals surface area contributed by atoms with Gasteiger partial charge in [0, 0.05) is 17.8 Å². The van der Waals surface area contributed by atoms with Gasteiger partial charge < -0.3 is 5.32 Å². The number of carbonyl (C=O) groups is 1. The second kappa shape index (κ2) is 9.21. The largest absolute Gasteiger partial charge is 0.325 e. The maximum Gasteiger partial charge on any atom is 0.269 e. The number of para-hydroxylation sites is 2. The first kappa shape index (κ1) is 22.2. The monoisotopic (exact) mass is 464 g/mol. The van der Waals surface area contributed by atoms with Gasteiger partial charge in [0.25, 0.3) is 11.2 Å². The number of carbonyl (C=O) groups excluding carboxylic acids is 1. The predicted octanol–water partition coefficient (Wildman–Crippen LogP) is 4.55. The number of fused-ring (bicyclic) bond motifs is 1. The summed E-state index contributed by atoms with van der Waals surface area (Å²) in [7, 11) is 0. The molecule has 1 N–H and O–H groups in total. The second-order valence-corrected chi connectivity index (χ2v) is 8.36. The summed E-state index contributed by atoms with van der Waals surface area (Å²) < 4.78 is 15.7. The lowest BCUT2D eigenvalue weighted by Crippen LogP contribution is -2.26. The number of halogens is 1. The second-order valence-electron chi connectivity index (χ2n) is 7.06. The molecule has 0 saturated heterocycles. The van der Waals surface area contributed by atoms with Crippen molar-refractivity contribution >= 4 is 39.9 Å². The maximum absolute atomic E-state index is 14.6. The van der Waals surface area contributed by atoms with Crippen molar-refractivity contribution in [2.75, 3.05) is 5.32 Å². The van der Waals surface area contributed by atoms with Crippen molar-refractivity contribution < 1.29 is 14.1 Å². The number of hydrogen-bond donors (Lipinski definition) is 1. The summed E-state index contributed by atoms with van der Waals surface area (Å²) in [6.07, 6.45) is 0. The van der Waals surface area contributed by atoms with E-state index in [1.54, 1.807) is 37.3 Å². The number of hydrogen-bond acceptors (Lipinski definition) is 6. The summed E-state index contributed by atoms with van der Waals surface area (Å²) in [5, 5.41) is 13.2. The minimum atomic E-state index is -0.716. The van der Waals surface area contributed by atoms with Gasteiger partial charge in [-0.2, -0.15) is 0 Å². The predicted molar refractivity (Wildman–Crippen MR) is 124 cm³/mol. The van der Waals surface area contributed by atoms with E-state index in [0.717, 1.165) is 16.3 Å². The average Bonchev–Trinajstić information content (AvgIpc) is 2.80. The number of rotatable bonds is 6. The highest BCUT2D eigenvalue weighted by atomic mass is 32.2. The van der Waals surface area contributed by atoms with Crippen molar-refractivity contribution in [1.82, 2.24) is 9.55 Å². The molecule has 0 aliphatic carbocycles. The standard InChI is InChI=1S/C23H17FN4O4S/c1-14(21(29)25-15-10-12-16(13-11-15)28(31)32)33-23-26-19-8-4-2-6-17(19)22(30)27(23)20-9-5-3-7-18(20)24/h2-14H,1H3,(H,25,29). The van der Waals surface area contributed by atoms with Crippen molar-refractivity contribution in [2.45, 2.75) is 17.3 Å². The van der Waals surface area contributed by atoms with Crippen LogP contribution in [0.4, 0.5) is 15.8 Å². The molecule has 0 bridgehead atoms. The number of anilines is 1. The van der Waals surface area contributed by atoms with Crippen LogP contribution in [0, 0.1) is 15.9 Å². The summed E-state index contributed by atoms with van der Waals surface area (Å²) >= 11 is 1.00. The third-order valence-electron chi connectivity index (χ3n) is 4.84. The number of nitro groups is 1.